The van der Waals surface area contributed by atoms with Gasteiger partial charge in [0.05, 0.1) is 28.5 Å². The SMILES string of the molecule is CC(=O)c1cn(CC(=O)N2C[C@H](F)C[C@H]2C(=O)NCc2cccc(Cl)c2F)c2cc(P(=O)(O)OCOC(=O)OC(C)C)ccc12. The third-order valence-electron chi connectivity index (χ3n) is 6.97. The zero-order chi connectivity index (χ0) is 33.1. The summed E-state index contributed by atoms with van der Waals surface area (Å²) in [4.78, 5) is 61.9. The Hall–Kier alpha value is -3.84. The number of alkyl halides is 1. The molecule has 3 aromatic rings. The van der Waals surface area contributed by atoms with Crippen molar-refractivity contribution in [2.45, 2.75) is 58.6 Å². The number of fused-ring (bicyclic) bond motifs is 1. The van der Waals surface area contributed by atoms with E-state index >= 15 is 0 Å². The van der Waals surface area contributed by atoms with Crippen LogP contribution in [-0.2, 0) is 41.2 Å². The molecule has 2 amide bonds. The quantitative estimate of drug-likeness (QED) is 0.132. The maximum absolute atomic E-state index is 14.5. The second-order valence-electron chi connectivity index (χ2n) is 10.6. The Morgan fingerprint density at radius 2 is 1.93 bits per heavy atom. The van der Waals surface area contributed by atoms with Gasteiger partial charge >= 0.3 is 13.8 Å². The molecule has 1 unspecified atom stereocenters. The Morgan fingerprint density at radius 3 is 2.62 bits per heavy atom. The highest BCUT2D eigenvalue weighted by molar-refractivity contribution is 7.61. The minimum Gasteiger partial charge on any atom is -0.432 e. The second kappa shape index (κ2) is 14.1. The molecule has 3 atom stereocenters. The maximum atomic E-state index is 14.5. The number of nitrogens with one attached hydrogen (secondary N) is 1. The third-order valence-corrected chi connectivity index (χ3v) is 8.65. The smallest absolute Gasteiger partial charge is 0.432 e. The van der Waals surface area contributed by atoms with Crippen LogP contribution in [0.15, 0.2) is 42.6 Å². The van der Waals surface area contributed by atoms with Crippen LogP contribution in [0.3, 0.4) is 0 Å². The van der Waals surface area contributed by atoms with Gasteiger partial charge in [-0.1, -0.05) is 29.8 Å². The standard InChI is InChI=1S/C29H31ClF2N3O9P/c1-16(2)44-29(39)42-15-43-45(40,41)20-7-8-21-22(17(3)36)13-34(24(21)10-20)14-26(37)35-12-19(31)9-25(35)28(38)33-11-18-5-4-6-23(30)27(18)32/h4-8,10,13,16,19,25H,9,11-12,14-15H2,1-3H3,(H,33,38)(H,40,41)/t19-,25+/m1/s1. The lowest BCUT2D eigenvalue weighted by atomic mass is 10.1. The van der Waals surface area contributed by atoms with Crippen molar-refractivity contribution in [1.82, 2.24) is 14.8 Å². The summed E-state index contributed by atoms with van der Waals surface area (Å²) in [6, 6.07) is 7.01. The van der Waals surface area contributed by atoms with Gasteiger partial charge in [-0.05, 0) is 39.0 Å². The molecule has 1 aromatic heterocycles. The summed E-state index contributed by atoms with van der Waals surface area (Å²) in [5, 5.41) is 2.53. The fourth-order valence-electron chi connectivity index (χ4n) is 4.84. The molecule has 16 heteroatoms. The van der Waals surface area contributed by atoms with Crippen LogP contribution in [0.1, 0.15) is 43.1 Å². The first-order valence-electron chi connectivity index (χ1n) is 13.8. The number of amides is 2. The Bertz CT molecular complexity index is 1680. The van der Waals surface area contributed by atoms with Gasteiger partial charge in [0.2, 0.25) is 18.6 Å². The summed E-state index contributed by atoms with van der Waals surface area (Å²) in [6.07, 6.45) is -1.97. The minimum absolute atomic E-state index is 0.113. The van der Waals surface area contributed by atoms with Crippen LogP contribution < -0.4 is 10.6 Å². The summed E-state index contributed by atoms with van der Waals surface area (Å²) in [5.41, 5.74) is 0.528. The number of nitrogens with zero attached hydrogens (tertiary/aromatic N) is 2. The van der Waals surface area contributed by atoms with Gasteiger partial charge in [-0.3, -0.25) is 23.5 Å². The van der Waals surface area contributed by atoms with Crippen molar-refractivity contribution in [1.29, 1.82) is 0 Å². The Balaban J connectivity index is 1.53. The van der Waals surface area contributed by atoms with Gasteiger partial charge in [-0.25, -0.2) is 13.6 Å². The highest BCUT2D eigenvalue weighted by atomic mass is 35.5. The predicted octanol–water partition coefficient (Wildman–Crippen LogP) is 4.24. The van der Waals surface area contributed by atoms with E-state index in [1.54, 1.807) is 13.8 Å². The maximum Gasteiger partial charge on any atom is 0.510 e. The van der Waals surface area contributed by atoms with Gasteiger partial charge in [0.15, 0.2) is 5.78 Å². The van der Waals surface area contributed by atoms with E-state index in [1.807, 2.05) is 0 Å². The number of carbonyl (C=O) groups excluding carboxylic acids is 4. The summed E-state index contributed by atoms with van der Waals surface area (Å²) in [5.74, 6) is -2.41. The van der Waals surface area contributed by atoms with E-state index in [-0.39, 0.29) is 52.3 Å². The summed E-state index contributed by atoms with van der Waals surface area (Å²) in [7, 11) is -4.56. The molecule has 1 aliphatic rings. The molecule has 1 aliphatic heterocycles. The number of Topliss-reactive ketones (excluding diaryl/α,β-unsaturated/α-hetero) is 1. The minimum atomic E-state index is -4.56. The lowest BCUT2D eigenvalue weighted by molar-refractivity contribution is -0.139. The number of carbonyl (C=O) groups is 4. The van der Waals surface area contributed by atoms with Crippen molar-refractivity contribution in [3.63, 3.8) is 0 Å². The van der Waals surface area contributed by atoms with Gasteiger partial charge in [-0.15, -0.1) is 0 Å². The number of hydrogen-bond donors (Lipinski definition) is 2. The van der Waals surface area contributed by atoms with Gasteiger partial charge in [-0.2, -0.15) is 0 Å². The Labute approximate surface area is 261 Å². The van der Waals surface area contributed by atoms with E-state index in [9.17, 15) is 37.4 Å². The van der Waals surface area contributed by atoms with Crippen LogP contribution in [0.5, 0.6) is 0 Å². The van der Waals surface area contributed by atoms with Gasteiger partial charge < -0.3 is 29.2 Å². The van der Waals surface area contributed by atoms with Crippen molar-refractivity contribution in [2.75, 3.05) is 13.3 Å². The number of ether oxygens (including phenoxy) is 2. The van der Waals surface area contributed by atoms with Crippen LogP contribution >= 0.6 is 19.2 Å². The molecule has 0 spiro atoms. The predicted molar refractivity (Wildman–Crippen MR) is 158 cm³/mol. The van der Waals surface area contributed by atoms with Crippen molar-refractivity contribution >= 4 is 59.2 Å². The molecule has 12 nitrogen and oxygen atoms in total. The van der Waals surface area contributed by atoms with Crippen molar-refractivity contribution < 1.29 is 51.4 Å². The fourth-order valence-corrected chi connectivity index (χ4v) is 5.93. The lowest BCUT2D eigenvalue weighted by Crippen LogP contribution is -2.46. The largest absolute Gasteiger partial charge is 0.510 e. The molecular formula is C29H31ClF2N3O9P. The first-order chi connectivity index (χ1) is 21.2. The molecule has 2 aromatic carbocycles. The normalized spacial score (nSPS) is 17.7. The van der Waals surface area contributed by atoms with Crippen LogP contribution in [0, 0.1) is 5.82 Å². The van der Waals surface area contributed by atoms with Gasteiger partial charge in [0.1, 0.15) is 24.6 Å². The van der Waals surface area contributed by atoms with Gasteiger partial charge in [0, 0.05) is 35.7 Å². The number of hydrogen-bond acceptors (Lipinski definition) is 8. The molecule has 0 saturated carbocycles. The lowest BCUT2D eigenvalue weighted by Gasteiger charge is -2.24. The van der Waals surface area contributed by atoms with Gasteiger partial charge in [0.25, 0.3) is 0 Å². The zero-order valence-electron chi connectivity index (χ0n) is 24.5. The number of aromatic nitrogens is 1. The van der Waals surface area contributed by atoms with Crippen LogP contribution in [0.4, 0.5) is 13.6 Å². The molecule has 0 aliphatic carbocycles. The second-order valence-corrected chi connectivity index (χ2v) is 12.8. The molecule has 1 saturated heterocycles. The molecule has 0 radical (unpaired) electrons. The molecular weight excluding hydrogens is 639 g/mol. The van der Waals surface area contributed by atoms with Crippen molar-refractivity contribution in [3.8, 4) is 0 Å². The summed E-state index contributed by atoms with van der Waals surface area (Å²) >= 11 is 5.79. The molecule has 2 heterocycles. The van der Waals surface area contributed by atoms with E-state index in [2.05, 4.69) is 10.1 Å². The Morgan fingerprint density at radius 1 is 1.20 bits per heavy atom. The average molecular weight is 670 g/mol. The molecule has 242 valence electrons. The number of benzene rings is 2. The molecule has 45 heavy (non-hydrogen) atoms. The third kappa shape index (κ3) is 8.06. The monoisotopic (exact) mass is 669 g/mol. The summed E-state index contributed by atoms with van der Waals surface area (Å²) in [6.45, 7) is 2.54. The fraction of sp³-hybridized carbons (Fsp3) is 0.379. The van der Waals surface area contributed by atoms with E-state index in [0.29, 0.717) is 5.39 Å². The Kier molecular flexibility index (Phi) is 10.6. The zero-order valence-corrected chi connectivity index (χ0v) is 26.1. The number of halogens is 3. The average Bonchev–Trinajstić information content (AvgIpc) is 3.53. The number of likely N-dealkylation sites (tertiary alicyclic amines) is 1. The van der Waals surface area contributed by atoms with E-state index in [1.165, 1.54) is 54.1 Å². The van der Waals surface area contributed by atoms with Crippen LogP contribution in [0.25, 0.3) is 10.9 Å². The molecule has 0 bridgehead atoms. The van der Waals surface area contributed by atoms with Crippen molar-refractivity contribution in [2.24, 2.45) is 0 Å². The topological polar surface area (TPSA) is 153 Å². The highest BCUT2D eigenvalue weighted by Gasteiger charge is 2.40. The van der Waals surface area contributed by atoms with Crippen molar-refractivity contribution in [3.05, 3.63) is 64.6 Å². The van der Waals surface area contributed by atoms with E-state index in [0.717, 1.165) is 4.90 Å². The summed E-state index contributed by atoms with van der Waals surface area (Å²) < 4.78 is 57.4. The number of rotatable bonds is 11. The molecule has 2 N–H and O–H groups in total. The molecule has 1 fully saturated rings. The molecule has 4 rings (SSSR count). The van der Waals surface area contributed by atoms with Crippen LogP contribution in [0.2, 0.25) is 5.02 Å². The number of ketones is 1. The van der Waals surface area contributed by atoms with E-state index < -0.39 is 63.0 Å². The first kappa shape index (κ1) is 34.0. The first-order valence-corrected chi connectivity index (χ1v) is 15.7. The van der Waals surface area contributed by atoms with E-state index in [4.69, 9.17) is 20.9 Å². The van der Waals surface area contributed by atoms with Crippen LogP contribution in [-0.4, -0.2) is 69.8 Å². The highest BCUT2D eigenvalue weighted by Crippen LogP contribution is 2.41.